The van der Waals surface area contributed by atoms with Crippen molar-refractivity contribution in [2.75, 3.05) is 72.6 Å². The van der Waals surface area contributed by atoms with Gasteiger partial charge < -0.3 is 24.2 Å². The number of carbonyl (C=O) groups is 2. The maximum Gasteiger partial charge on any atom is 0.308 e. The lowest BCUT2D eigenvalue weighted by Gasteiger charge is -2.32. The number of carbonyl (C=O) groups excluding carboxylic acids is 2. The lowest BCUT2D eigenvalue weighted by atomic mass is 9.94. The molecule has 1 heterocycles. The minimum Gasteiger partial charge on any atom is -0.465 e. The Hall–Kier alpha value is -1.18. The predicted octanol–water partition coefficient (Wildman–Crippen LogP) is 12.6. The van der Waals surface area contributed by atoms with Gasteiger partial charge in [0.05, 0.1) is 25.0 Å². The molecule has 0 saturated carbocycles. The summed E-state index contributed by atoms with van der Waals surface area (Å²) in [4.78, 5) is 34.1. The Labute approximate surface area is 349 Å². The Morgan fingerprint density at radius 3 is 1.18 bits per heavy atom. The fourth-order valence-electron chi connectivity index (χ4n) is 8.27. The van der Waals surface area contributed by atoms with Crippen LogP contribution in [0.15, 0.2) is 0 Å². The molecule has 2 atom stereocenters. The minimum absolute atomic E-state index is 0.0561. The van der Waals surface area contributed by atoms with Crippen LogP contribution in [0.2, 0.25) is 0 Å². The molecule has 1 rings (SSSR count). The predicted molar refractivity (Wildman–Crippen MR) is 240 cm³/mol. The summed E-state index contributed by atoms with van der Waals surface area (Å²) in [6.07, 6.45) is 35.3. The van der Waals surface area contributed by atoms with Gasteiger partial charge in [0.2, 0.25) is 0 Å². The van der Waals surface area contributed by atoms with Crippen LogP contribution in [0, 0.1) is 11.8 Å². The molecule has 0 N–H and O–H groups in total. The van der Waals surface area contributed by atoms with Gasteiger partial charge in [-0.25, -0.2) is 0 Å². The number of piperazine rings is 1. The first-order chi connectivity index (χ1) is 27.4. The van der Waals surface area contributed by atoms with Crippen LogP contribution in [-0.2, 0) is 19.1 Å². The highest BCUT2D eigenvalue weighted by Gasteiger charge is 2.21. The monoisotopic (exact) mass is 792 g/mol. The molecule has 0 aromatic carbocycles. The van der Waals surface area contributed by atoms with E-state index in [1.165, 1.54) is 148 Å². The van der Waals surface area contributed by atoms with Crippen LogP contribution in [0.4, 0.5) is 0 Å². The Morgan fingerprint density at radius 2 is 0.786 bits per heavy atom. The number of likely N-dealkylation sites (N-methyl/N-ethyl adjacent to an activating group) is 1. The molecule has 0 radical (unpaired) electrons. The molecule has 1 saturated heterocycles. The first-order valence-electron chi connectivity index (χ1n) is 24.9. The van der Waals surface area contributed by atoms with E-state index in [1.807, 2.05) is 0 Å². The average molecular weight is 792 g/mol. The largest absolute Gasteiger partial charge is 0.465 e. The van der Waals surface area contributed by atoms with E-state index >= 15 is 0 Å². The Bertz CT molecular complexity index is 810. The summed E-state index contributed by atoms with van der Waals surface area (Å²) in [6, 6.07) is 0. The van der Waals surface area contributed by atoms with E-state index < -0.39 is 0 Å². The van der Waals surface area contributed by atoms with E-state index in [0.29, 0.717) is 13.2 Å². The highest BCUT2D eigenvalue weighted by molar-refractivity contribution is 5.72. The molecule has 56 heavy (non-hydrogen) atoms. The van der Waals surface area contributed by atoms with Gasteiger partial charge in [0.1, 0.15) is 0 Å². The lowest BCUT2D eigenvalue weighted by Crippen LogP contribution is -2.44. The van der Waals surface area contributed by atoms with Gasteiger partial charge in [-0.05, 0) is 97.4 Å². The summed E-state index contributed by atoms with van der Waals surface area (Å²) in [5.74, 6) is 0.271. The number of ether oxygens (including phenoxy) is 2. The lowest BCUT2D eigenvalue weighted by molar-refractivity contribution is -0.150. The van der Waals surface area contributed by atoms with E-state index in [2.05, 4.69) is 49.4 Å². The van der Waals surface area contributed by atoms with Crippen LogP contribution in [0.1, 0.15) is 220 Å². The Morgan fingerprint density at radius 1 is 0.446 bits per heavy atom. The Kier molecular flexibility index (Phi) is 37.1. The number of rotatable bonds is 41. The van der Waals surface area contributed by atoms with Crippen molar-refractivity contribution < 1.29 is 19.1 Å². The van der Waals surface area contributed by atoms with Gasteiger partial charge in [0.15, 0.2) is 0 Å². The Balaban J connectivity index is 2.55. The number of unbranched alkanes of at least 4 members (excludes halogenated alkanes) is 19. The highest BCUT2D eigenvalue weighted by atomic mass is 16.5. The third kappa shape index (κ3) is 30.8. The molecule has 0 amide bonds. The molecule has 332 valence electrons. The van der Waals surface area contributed by atoms with Crippen molar-refractivity contribution in [1.29, 1.82) is 0 Å². The second-order valence-corrected chi connectivity index (χ2v) is 17.6. The number of hydrogen-bond acceptors (Lipinski definition) is 7. The second-order valence-electron chi connectivity index (χ2n) is 17.6. The van der Waals surface area contributed by atoms with E-state index in [9.17, 15) is 9.59 Å². The molecule has 2 unspecified atom stereocenters. The summed E-state index contributed by atoms with van der Waals surface area (Å²) in [6.45, 7) is 19.3. The zero-order valence-corrected chi connectivity index (χ0v) is 38.4. The molecular formula is C49H97N3O4. The first kappa shape index (κ1) is 52.8. The quantitative estimate of drug-likeness (QED) is 0.0451. The molecule has 7 nitrogen and oxygen atoms in total. The van der Waals surface area contributed by atoms with Gasteiger partial charge >= 0.3 is 11.9 Å². The first-order valence-corrected chi connectivity index (χ1v) is 24.9. The van der Waals surface area contributed by atoms with E-state index in [1.54, 1.807) is 0 Å². The molecule has 0 aromatic rings. The fourth-order valence-corrected chi connectivity index (χ4v) is 8.27. The van der Waals surface area contributed by atoms with Crippen molar-refractivity contribution in [3.05, 3.63) is 0 Å². The van der Waals surface area contributed by atoms with Crippen molar-refractivity contribution in [3.63, 3.8) is 0 Å². The molecule has 0 aliphatic carbocycles. The standard InChI is InChI=1S/C49H97N3O4/c1-6-10-14-18-20-24-34-46(32-22-16-12-8-3)48(53)55-44-30-28-38-51(36-26-27-37-52-42-40-50(5)41-43-52)39-29-31-45-56-49(54)47(33-23-17-13-9-4)35-25-21-19-15-11-7-2/h46-47H,6-45H2,1-5H3. The van der Waals surface area contributed by atoms with Crippen LogP contribution in [-0.4, -0.2) is 99.3 Å². The van der Waals surface area contributed by atoms with Crippen LogP contribution in [0.3, 0.4) is 0 Å². The van der Waals surface area contributed by atoms with Gasteiger partial charge in [-0.2, -0.15) is 0 Å². The van der Waals surface area contributed by atoms with E-state index in [-0.39, 0.29) is 23.8 Å². The SMILES string of the molecule is CCCCCCCCC(CCCCCC)C(=O)OCCCCN(CCCCOC(=O)C(CCCCCC)CCCCCCCC)CCCCN1CCN(C)CC1. The van der Waals surface area contributed by atoms with Gasteiger partial charge in [-0.3, -0.25) is 9.59 Å². The zero-order valence-electron chi connectivity index (χ0n) is 38.4. The smallest absolute Gasteiger partial charge is 0.308 e. The van der Waals surface area contributed by atoms with Crippen molar-refractivity contribution in [2.45, 2.75) is 220 Å². The zero-order chi connectivity index (χ0) is 40.7. The molecule has 7 heteroatoms. The maximum absolute atomic E-state index is 13.2. The highest BCUT2D eigenvalue weighted by Crippen LogP contribution is 2.22. The second kappa shape index (κ2) is 39.3. The van der Waals surface area contributed by atoms with E-state index in [0.717, 1.165) is 96.7 Å². The van der Waals surface area contributed by atoms with Crippen molar-refractivity contribution in [1.82, 2.24) is 14.7 Å². The fraction of sp³-hybridized carbons (Fsp3) is 0.959. The van der Waals surface area contributed by atoms with Crippen LogP contribution >= 0.6 is 0 Å². The average Bonchev–Trinajstić information content (AvgIpc) is 3.20. The summed E-state index contributed by atoms with van der Waals surface area (Å²) in [5.41, 5.74) is 0. The van der Waals surface area contributed by atoms with Gasteiger partial charge in [0.25, 0.3) is 0 Å². The molecule has 1 aliphatic rings. The summed E-state index contributed by atoms with van der Waals surface area (Å²) >= 11 is 0. The normalized spacial score (nSPS) is 15.0. The van der Waals surface area contributed by atoms with Gasteiger partial charge in [0, 0.05) is 26.2 Å². The summed E-state index contributed by atoms with van der Waals surface area (Å²) in [7, 11) is 2.23. The molecule has 0 bridgehead atoms. The molecule has 0 aromatic heterocycles. The van der Waals surface area contributed by atoms with Crippen molar-refractivity contribution >= 4 is 11.9 Å². The van der Waals surface area contributed by atoms with Gasteiger partial charge in [-0.1, -0.05) is 156 Å². The molecule has 0 spiro atoms. The van der Waals surface area contributed by atoms with E-state index in [4.69, 9.17) is 9.47 Å². The molecule has 1 aliphatic heterocycles. The van der Waals surface area contributed by atoms with Crippen LogP contribution in [0.5, 0.6) is 0 Å². The van der Waals surface area contributed by atoms with Gasteiger partial charge in [-0.15, -0.1) is 0 Å². The van der Waals surface area contributed by atoms with Crippen LogP contribution < -0.4 is 0 Å². The third-order valence-corrected chi connectivity index (χ3v) is 12.3. The van der Waals surface area contributed by atoms with Crippen molar-refractivity contribution in [3.8, 4) is 0 Å². The summed E-state index contributed by atoms with van der Waals surface area (Å²) in [5, 5.41) is 0. The maximum atomic E-state index is 13.2. The number of hydrogen-bond donors (Lipinski definition) is 0. The topological polar surface area (TPSA) is 62.3 Å². The minimum atomic E-state index is 0.0561. The third-order valence-electron chi connectivity index (χ3n) is 12.3. The van der Waals surface area contributed by atoms with Crippen molar-refractivity contribution in [2.24, 2.45) is 11.8 Å². The number of esters is 2. The summed E-state index contributed by atoms with van der Waals surface area (Å²) < 4.78 is 11.9. The molecular weight excluding hydrogens is 695 g/mol. The molecule has 1 fully saturated rings. The number of nitrogens with zero attached hydrogens (tertiary/aromatic N) is 3. The van der Waals surface area contributed by atoms with Crippen LogP contribution in [0.25, 0.3) is 0 Å².